The Morgan fingerprint density at radius 1 is 1.31 bits per heavy atom. The summed E-state index contributed by atoms with van der Waals surface area (Å²) >= 11 is 0. The molecule has 2 rings (SSSR count). The number of carbonyl (C=O) groups excluding carboxylic acids is 1. The van der Waals surface area contributed by atoms with Crippen LogP contribution in [0.15, 0.2) is 12.1 Å². The van der Waals surface area contributed by atoms with Gasteiger partial charge in [0, 0.05) is 6.54 Å². The fourth-order valence-corrected chi connectivity index (χ4v) is 2.04. The third-order valence-electron chi connectivity index (χ3n) is 2.88. The summed E-state index contributed by atoms with van der Waals surface area (Å²) in [5.74, 6) is 1.38. The van der Waals surface area contributed by atoms with Gasteiger partial charge in [-0.05, 0) is 29.7 Å². The molecule has 4 nitrogen and oxygen atoms in total. The van der Waals surface area contributed by atoms with Gasteiger partial charge in [-0.2, -0.15) is 0 Å². The number of fused-ring (bicyclic) bond motifs is 1. The topological polar surface area (TPSA) is 47.6 Å². The number of carbonyl (C=O) groups is 1. The number of ether oxygens (including phenoxy) is 2. The van der Waals surface area contributed by atoms with Crippen LogP contribution < -0.4 is 14.8 Å². The molecule has 16 heavy (non-hydrogen) atoms. The third-order valence-corrected chi connectivity index (χ3v) is 2.88. The van der Waals surface area contributed by atoms with E-state index in [1.165, 1.54) is 0 Å². The average molecular weight is 221 g/mol. The van der Waals surface area contributed by atoms with Gasteiger partial charge in [0.1, 0.15) is 6.29 Å². The Balaban J connectivity index is 2.50. The molecule has 0 saturated carbocycles. The molecule has 1 aliphatic heterocycles. The zero-order valence-electron chi connectivity index (χ0n) is 9.45. The van der Waals surface area contributed by atoms with E-state index in [1.807, 2.05) is 12.1 Å². The number of methoxy groups -OCH3 is 2. The second kappa shape index (κ2) is 4.53. The smallest absolute Gasteiger partial charge is 0.161 e. The summed E-state index contributed by atoms with van der Waals surface area (Å²) in [5.41, 5.74) is 2.13. The van der Waals surface area contributed by atoms with Crippen molar-refractivity contribution in [3.8, 4) is 11.5 Å². The Morgan fingerprint density at radius 3 is 2.62 bits per heavy atom. The van der Waals surface area contributed by atoms with Crippen molar-refractivity contribution >= 4 is 6.29 Å². The largest absolute Gasteiger partial charge is 0.493 e. The van der Waals surface area contributed by atoms with Gasteiger partial charge in [-0.15, -0.1) is 0 Å². The Bertz CT molecular complexity index is 403. The van der Waals surface area contributed by atoms with Gasteiger partial charge in [-0.3, -0.25) is 0 Å². The number of aldehydes is 1. The number of hydrogen-bond donors (Lipinski definition) is 1. The molecule has 1 aliphatic rings. The Labute approximate surface area is 94.6 Å². The second-order valence-corrected chi connectivity index (χ2v) is 3.72. The van der Waals surface area contributed by atoms with Crippen LogP contribution in [0.4, 0.5) is 0 Å². The second-order valence-electron chi connectivity index (χ2n) is 3.72. The Morgan fingerprint density at radius 2 is 2.00 bits per heavy atom. The minimum absolute atomic E-state index is 0.233. The molecule has 0 aliphatic carbocycles. The fourth-order valence-electron chi connectivity index (χ4n) is 2.04. The Hall–Kier alpha value is -1.55. The lowest BCUT2D eigenvalue weighted by Gasteiger charge is -2.24. The highest BCUT2D eigenvalue weighted by Crippen LogP contribution is 2.34. The van der Waals surface area contributed by atoms with Crippen LogP contribution in [0.1, 0.15) is 17.2 Å². The summed E-state index contributed by atoms with van der Waals surface area (Å²) in [5, 5.41) is 3.15. The van der Waals surface area contributed by atoms with Crippen LogP contribution in [-0.2, 0) is 11.2 Å². The van der Waals surface area contributed by atoms with E-state index in [9.17, 15) is 4.79 Å². The zero-order chi connectivity index (χ0) is 11.5. The first kappa shape index (κ1) is 11.0. The molecule has 1 N–H and O–H groups in total. The van der Waals surface area contributed by atoms with Crippen molar-refractivity contribution < 1.29 is 14.3 Å². The Kier molecular flexibility index (Phi) is 3.10. The highest BCUT2D eigenvalue weighted by Gasteiger charge is 2.21. The molecule has 0 spiro atoms. The molecule has 0 fully saturated rings. The van der Waals surface area contributed by atoms with Gasteiger partial charge < -0.3 is 19.6 Å². The lowest BCUT2D eigenvalue weighted by molar-refractivity contribution is -0.109. The van der Waals surface area contributed by atoms with Crippen LogP contribution in [0.5, 0.6) is 11.5 Å². The highest BCUT2D eigenvalue weighted by atomic mass is 16.5. The summed E-state index contributed by atoms with van der Waals surface area (Å²) in [4.78, 5) is 10.9. The van der Waals surface area contributed by atoms with Crippen LogP contribution in [0.3, 0.4) is 0 Å². The summed E-state index contributed by atoms with van der Waals surface area (Å²) < 4.78 is 10.5. The van der Waals surface area contributed by atoms with Crippen molar-refractivity contribution in [2.24, 2.45) is 0 Å². The van der Waals surface area contributed by atoms with E-state index in [-0.39, 0.29) is 6.04 Å². The predicted octanol–water partition coefficient (Wildman–Crippen LogP) is 1.09. The lowest BCUT2D eigenvalue weighted by Crippen LogP contribution is -2.30. The normalized spacial score (nSPS) is 18.8. The molecule has 1 unspecified atom stereocenters. The molecule has 0 saturated heterocycles. The summed E-state index contributed by atoms with van der Waals surface area (Å²) in [7, 11) is 3.21. The van der Waals surface area contributed by atoms with Crippen molar-refractivity contribution in [2.75, 3.05) is 20.8 Å². The fraction of sp³-hybridized carbons (Fsp3) is 0.417. The minimum atomic E-state index is -0.233. The van der Waals surface area contributed by atoms with E-state index in [0.29, 0.717) is 11.5 Å². The zero-order valence-corrected chi connectivity index (χ0v) is 9.45. The van der Waals surface area contributed by atoms with Crippen LogP contribution in [0.25, 0.3) is 0 Å². The van der Waals surface area contributed by atoms with Gasteiger partial charge >= 0.3 is 0 Å². The van der Waals surface area contributed by atoms with Crippen molar-refractivity contribution in [2.45, 2.75) is 12.5 Å². The van der Waals surface area contributed by atoms with Crippen LogP contribution >= 0.6 is 0 Å². The monoisotopic (exact) mass is 221 g/mol. The summed E-state index contributed by atoms with van der Waals surface area (Å²) in [6.07, 6.45) is 1.82. The van der Waals surface area contributed by atoms with E-state index in [2.05, 4.69) is 5.32 Å². The van der Waals surface area contributed by atoms with Gasteiger partial charge in [-0.1, -0.05) is 0 Å². The van der Waals surface area contributed by atoms with E-state index in [1.54, 1.807) is 14.2 Å². The molecule has 1 atom stereocenters. The SMILES string of the molecule is COc1cc2c(cc1OC)C(C=O)NCC2. The maximum absolute atomic E-state index is 10.9. The molecule has 0 bridgehead atoms. The van der Waals surface area contributed by atoms with Crippen molar-refractivity contribution in [3.63, 3.8) is 0 Å². The van der Waals surface area contributed by atoms with Gasteiger partial charge in [-0.25, -0.2) is 0 Å². The molecule has 1 aromatic rings. The van der Waals surface area contributed by atoms with E-state index in [0.717, 1.165) is 30.4 Å². The lowest BCUT2D eigenvalue weighted by atomic mass is 9.94. The molecule has 0 aromatic heterocycles. The summed E-state index contributed by atoms with van der Waals surface area (Å²) in [6.45, 7) is 0.811. The first-order valence-corrected chi connectivity index (χ1v) is 5.23. The standard InChI is InChI=1S/C12H15NO3/c1-15-11-5-8-3-4-13-10(7-14)9(8)6-12(11)16-2/h5-7,10,13H,3-4H2,1-2H3. The quantitative estimate of drug-likeness (QED) is 0.776. The number of nitrogens with one attached hydrogen (secondary N) is 1. The maximum Gasteiger partial charge on any atom is 0.161 e. The molecule has 0 radical (unpaired) electrons. The molecular formula is C12H15NO3. The molecule has 1 aromatic carbocycles. The molecule has 86 valence electrons. The first-order valence-electron chi connectivity index (χ1n) is 5.23. The van der Waals surface area contributed by atoms with E-state index >= 15 is 0 Å². The van der Waals surface area contributed by atoms with E-state index < -0.39 is 0 Å². The van der Waals surface area contributed by atoms with Crippen LogP contribution in [0, 0.1) is 0 Å². The van der Waals surface area contributed by atoms with Crippen LogP contribution in [-0.4, -0.2) is 27.1 Å². The minimum Gasteiger partial charge on any atom is -0.493 e. The number of hydrogen-bond acceptors (Lipinski definition) is 4. The molecule has 4 heteroatoms. The van der Waals surface area contributed by atoms with Crippen molar-refractivity contribution in [3.05, 3.63) is 23.3 Å². The summed E-state index contributed by atoms with van der Waals surface area (Å²) in [6, 6.07) is 3.59. The third kappa shape index (κ3) is 1.76. The van der Waals surface area contributed by atoms with Gasteiger partial charge in [0.05, 0.1) is 20.3 Å². The van der Waals surface area contributed by atoms with Crippen LogP contribution in [0.2, 0.25) is 0 Å². The van der Waals surface area contributed by atoms with Crippen molar-refractivity contribution in [1.29, 1.82) is 0 Å². The molecular weight excluding hydrogens is 206 g/mol. The first-order chi connectivity index (χ1) is 7.80. The average Bonchev–Trinajstić information content (AvgIpc) is 2.36. The van der Waals surface area contributed by atoms with Gasteiger partial charge in [0.2, 0.25) is 0 Å². The van der Waals surface area contributed by atoms with E-state index in [4.69, 9.17) is 9.47 Å². The molecule has 0 amide bonds. The maximum atomic E-state index is 10.9. The predicted molar refractivity (Wildman–Crippen MR) is 60.1 cm³/mol. The molecule has 1 heterocycles. The van der Waals surface area contributed by atoms with Gasteiger partial charge in [0.15, 0.2) is 11.5 Å². The highest BCUT2D eigenvalue weighted by molar-refractivity contribution is 5.65. The number of rotatable bonds is 3. The van der Waals surface area contributed by atoms with Gasteiger partial charge in [0.25, 0.3) is 0 Å². The number of benzene rings is 1. The van der Waals surface area contributed by atoms with Crippen molar-refractivity contribution in [1.82, 2.24) is 5.32 Å².